The lowest BCUT2D eigenvalue weighted by atomic mass is 9.82. The second kappa shape index (κ2) is 14.9. The van der Waals surface area contributed by atoms with Crippen LogP contribution in [-0.2, 0) is 33.0 Å². The normalized spacial score (nSPS) is 21.2. The van der Waals surface area contributed by atoms with Crippen LogP contribution in [0.2, 0.25) is 18.6 Å². The molecule has 51 heavy (non-hydrogen) atoms. The minimum atomic E-state index is -2.59. The summed E-state index contributed by atoms with van der Waals surface area (Å²) in [4.78, 5) is 44.3. The van der Waals surface area contributed by atoms with E-state index < -0.39 is 30.6 Å². The fraction of sp³-hybridized carbons (Fsp3) is 0.333. The number of ether oxygens (including phenoxy) is 2. The summed E-state index contributed by atoms with van der Waals surface area (Å²) < 4.78 is 13.6. The van der Waals surface area contributed by atoms with Gasteiger partial charge in [0.25, 0.3) is 11.6 Å². The van der Waals surface area contributed by atoms with Crippen molar-refractivity contribution in [3.63, 3.8) is 0 Å². The highest BCUT2D eigenvalue weighted by atomic mass is 127. The number of hydrogen-bond acceptors (Lipinski definition) is 7. The van der Waals surface area contributed by atoms with Crippen molar-refractivity contribution in [2.75, 3.05) is 25.2 Å². The number of non-ortho nitro benzene ring substituents is 1. The van der Waals surface area contributed by atoms with Crippen molar-refractivity contribution in [3.8, 4) is 5.75 Å². The number of benzene rings is 4. The smallest absolute Gasteiger partial charge is 0.269 e. The van der Waals surface area contributed by atoms with E-state index in [-0.39, 0.29) is 49.2 Å². The summed E-state index contributed by atoms with van der Waals surface area (Å²) >= 11 is 2.24. The van der Waals surface area contributed by atoms with Crippen LogP contribution < -0.4 is 14.8 Å². The molecule has 6 rings (SSSR count). The second-order valence-corrected chi connectivity index (χ2v) is 19.8. The van der Waals surface area contributed by atoms with Crippen LogP contribution in [0.15, 0.2) is 97.1 Å². The van der Waals surface area contributed by atoms with Crippen LogP contribution in [0.4, 0.5) is 11.4 Å². The molecule has 0 aliphatic carbocycles. The standard InChI is InChI=1S/C39H42IN3O7Si/c1-26-37(51(3,4)32-17-15-31(49-2)16-18-32)35(23-36(45)41(20-21-44)24-27-8-6-5-7-9-27)50-39(26)33-22-30(43(47)48)14-19-34(33)42(38(39)46)25-28-10-12-29(40)13-11-28/h5-19,22,26,35,37,44H,20-21,23-25H2,1-4H3/t26-,35+,37-,39+/m0/s1. The zero-order chi connectivity index (χ0) is 36.5. The molecule has 2 heterocycles. The molecule has 2 aliphatic rings. The Balaban J connectivity index is 1.45. The highest BCUT2D eigenvalue weighted by Crippen LogP contribution is 2.60. The third-order valence-electron chi connectivity index (χ3n) is 10.6. The van der Waals surface area contributed by atoms with Crippen LogP contribution >= 0.6 is 22.6 Å². The Morgan fingerprint density at radius 1 is 1.04 bits per heavy atom. The van der Waals surface area contributed by atoms with Crippen molar-refractivity contribution in [1.29, 1.82) is 0 Å². The van der Waals surface area contributed by atoms with Gasteiger partial charge in [-0.1, -0.05) is 79.8 Å². The summed E-state index contributed by atoms with van der Waals surface area (Å²) in [7, 11) is -0.972. The van der Waals surface area contributed by atoms with Crippen molar-refractivity contribution < 1.29 is 29.1 Å². The summed E-state index contributed by atoms with van der Waals surface area (Å²) in [5.41, 5.74) is 0.918. The first-order chi connectivity index (χ1) is 24.4. The Bertz CT molecular complexity index is 1910. The van der Waals surface area contributed by atoms with Gasteiger partial charge in [-0.3, -0.25) is 19.7 Å². The highest BCUT2D eigenvalue weighted by Gasteiger charge is 2.66. The number of carbonyl (C=O) groups is 2. The minimum absolute atomic E-state index is 0.0230. The molecule has 0 aromatic heterocycles. The lowest BCUT2D eigenvalue weighted by molar-refractivity contribution is -0.385. The van der Waals surface area contributed by atoms with E-state index >= 15 is 4.79 Å². The SMILES string of the molecule is COc1ccc([Si](C)(C)[C@@H]2[C@@H](CC(=O)N(CCO)Cc3ccccc3)O[C@]3(C(=O)N(Cc4ccc(I)cc4)c4ccc([N+](=O)[O-])cc43)[C@H]2C)cc1. The van der Waals surface area contributed by atoms with Gasteiger partial charge in [0.2, 0.25) is 5.91 Å². The molecule has 0 bridgehead atoms. The van der Waals surface area contributed by atoms with Gasteiger partial charge in [0.05, 0.1) is 51.5 Å². The van der Waals surface area contributed by atoms with Crippen molar-refractivity contribution in [1.82, 2.24) is 4.90 Å². The number of fused-ring (bicyclic) bond motifs is 2. The monoisotopic (exact) mass is 819 g/mol. The number of carbonyl (C=O) groups excluding carboxylic acids is 2. The Kier molecular flexibility index (Phi) is 10.7. The summed E-state index contributed by atoms with van der Waals surface area (Å²) in [6.07, 6.45) is -0.715. The third kappa shape index (κ3) is 6.94. The molecule has 4 atom stereocenters. The number of hydrogen-bond donors (Lipinski definition) is 1. The molecule has 1 spiro atoms. The second-order valence-electron chi connectivity index (χ2n) is 13.9. The Morgan fingerprint density at radius 3 is 2.35 bits per heavy atom. The number of nitro benzene ring substituents is 1. The zero-order valence-corrected chi connectivity index (χ0v) is 32.3. The van der Waals surface area contributed by atoms with E-state index in [1.165, 1.54) is 12.1 Å². The third-order valence-corrected chi connectivity index (χ3v) is 15.7. The first kappa shape index (κ1) is 36.7. The molecule has 1 saturated heterocycles. The van der Waals surface area contributed by atoms with Crippen LogP contribution in [0.5, 0.6) is 5.75 Å². The molecule has 0 saturated carbocycles. The average Bonchev–Trinajstić information content (AvgIpc) is 3.55. The predicted octanol–water partition coefficient (Wildman–Crippen LogP) is 6.38. The molecule has 2 amide bonds. The summed E-state index contributed by atoms with van der Waals surface area (Å²) in [5.74, 6) is -0.219. The van der Waals surface area contributed by atoms with Gasteiger partial charge >= 0.3 is 0 Å². The lowest BCUT2D eigenvalue weighted by Gasteiger charge is -2.37. The minimum Gasteiger partial charge on any atom is -0.497 e. The molecule has 1 N–H and O–H groups in total. The summed E-state index contributed by atoms with van der Waals surface area (Å²) in [5, 5.41) is 23.2. The first-order valence-corrected chi connectivity index (χ1v) is 21.2. The zero-order valence-electron chi connectivity index (χ0n) is 29.1. The molecule has 10 nitrogen and oxygen atoms in total. The largest absolute Gasteiger partial charge is 0.497 e. The van der Waals surface area contributed by atoms with Crippen molar-refractivity contribution in [2.24, 2.45) is 5.92 Å². The van der Waals surface area contributed by atoms with Gasteiger partial charge in [0, 0.05) is 40.3 Å². The molecule has 2 aliphatic heterocycles. The Hall–Kier alpha value is -4.11. The van der Waals surface area contributed by atoms with E-state index in [9.17, 15) is 20.0 Å². The molecule has 266 valence electrons. The van der Waals surface area contributed by atoms with Crippen LogP contribution in [0, 0.1) is 19.6 Å². The summed E-state index contributed by atoms with van der Waals surface area (Å²) in [6, 6.07) is 30.0. The van der Waals surface area contributed by atoms with Gasteiger partial charge in [-0.05, 0) is 69.6 Å². The topological polar surface area (TPSA) is 122 Å². The van der Waals surface area contributed by atoms with Crippen molar-refractivity contribution in [3.05, 3.63) is 127 Å². The van der Waals surface area contributed by atoms with E-state index in [4.69, 9.17) is 9.47 Å². The molecular formula is C39H42IN3O7Si. The lowest BCUT2D eigenvalue weighted by Crippen LogP contribution is -2.52. The van der Waals surface area contributed by atoms with Crippen LogP contribution in [0.3, 0.4) is 0 Å². The van der Waals surface area contributed by atoms with Gasteiger partial charge in [-0.2, -0.15) is 0 Å². The van der Waals surface area contributed by atoms with E-state index in [0.29, 0.717) is 17.8 Å². The van der Waals surface area contributed by atoms with Gasteiger partial charge in [0.15, 0.2) is 5.60 Å². The average molecular weight is 820 g/mol. The Labute approximate surface area is 312 Å². The van der Waals surface area contributed by atoms with E-state index in [0.717, 1.165) is 25.6 Å². The number of aliphatic hydroxyl groups excluding tert-OH is 1. The fourth-order valence-electron chi connectivity index (χ4n) is 8.06. The molecule has 0 radical (unpaired) electrons. The number of amides is 2. The van der Waals surface area contributed by atoms with Gasteiger partial charge in [-0.15, -0.1) is 0 Å². The molecular weight excluding hydrogens is 777 g/mol. The summed E-state index contributed by atoms with van der Waals surface area (Å²) in [6.45, 7) is 6.96. The number of nitrogens with zero attached hydrogens (tertiary/aromatic N) is 3. The molecule has 12 heteroatoms. The molecule has 1 fully saturated rings. The number of halogens is 1. The van der Waals surface area contributed by atoms with E-state index in [1.54, 1.807) is 23.0 Å². The maximum absolute atomic E-state index is 15.1. The number of methoxy groups -OCH3 is 1. The highest BCUT2D eigenvalue weighted by molar-refractivity contribution is 14.1. The van der Waals surface area contributed by atoms with Crippen LogP contribution in [-0.4, -0.2) is 61.2 Å². The van der Waals surface area contributed by atoms with Gasteiger partial charge < -0.3 is 24.4 Å². The molecule has 0 unspecified atom stereocenters. The van der Waals surface area contributed by atoms with Crippen molar-refractivity contribution in [2.45, 2.75) is 56.8 Å². The van der Waals surface area contributed by atoms with Gasteiger partial charge in [0.1, 0.15) is 5.75 Å². The number of rotatable bonds is 12. The van der Waals surface area contributed by atoms with E-state index in [2.05, 4.69) is 35.7 Å². The number of aliphatic hydroxyl groups is 1. The molecule has 4 aromatic carbocycles. The maximum atomic E-state index is 15.1. The number of nitro groups is 1. The quantitative estimate of drug-likeness (QED) is 0.0762. The van der Waals surface area contributed by atoms with E-state index in [1.807, 2.05) is 85.8 Å². The van der Waals surface area contributed by atoms with Crippen LogP contribution in [0.1, 0.15) is 30.0 Å². The maximum Gasteiger partial charge on any atom is 0.269 e. The Morgan fingerprint density at radius 2 is 1.73 bits per heavy atom. The van der Waals surface area contributed by atoms with Crippen molar-refractivity contribution >= 4 is 59.0 Å². The van der Waals surface area contributed by atoms with Gasteiger partial charge in [-0.25, -0.2) is 0 Å². The van der Waals surface area contributed by atoms with Crippen LogP contribution in [0.25, 0.3) is 0 Å². The first-order valence-electron chi connectivity index (χ1n) is 17.0. The fourth-order valence-corrected chi connectivity index (χ4v) is 12.4. The predicted molar refractivity (Wildman–Crippen MR) is 207 cm³/mol. The number of anilines is 1. The molecule has 4 aromatic rings.